The minimum absolute atomic E-state index is 0.0315. The zero-order valence-electron chi connectivity index (χ0n) is 25.2. The molecule has 0 atom stereocenters. The average Bonchev–Trinajstić information content (AvgIpc) is 3.66. The first-order valence-corrected chi connectivity index (χ1v) is 14.5. The van der Waals surface area contributed by atoms with Gasteiger partial charge in [-0.2, -0.15) is 5.10 Å². The number of ether oxygens (including phenoxy) is 2. The van der Waals surface area contributed by atoms with Crippen LogP contribution in [0.4, 0.5) is 5.95 Å². The van der Waals surface area contributed by atoms with E-state index in [9.17, 15) is 14.4 Å². The molecule has 232 valence electrons. The molecule has 0 radical (unpaired) electrons. The summed E-state index contributed by atoms with van der Waals surface area (Å²) in [4.78, 5) is 46.7. The van der Waals surface area contributed by atoms with Crippen molar-refractivity contribution >= 4 is 45.6 Å². The summed E-state index contributed by atoms with van der Waals surface area (Å²) in [6, 6.07) is 6.69. The molecule has 0 bridgehead atoms. The first kappa shape index (κ1) is 29.4. The number of nitrogen functional groups attached to an aromatic ring is 1. The lowest BCUT2D eigenvalue weighted by Crippen LogP contribution is -2.21. The fourth-order valence-corrected chi connectivity index (χ4v) is 5.80. The van der Waals surface area contributed by atoms with Crippen molar-refractivity contribution in [1.29, 1.82) is 0 Å². The van der Waals surface area contributed by atoms with Crippen LogP contribution in [-0.2, 0) is 26.1 Å². The highest BCUT2D eigenvalue weighted by molar-refractivity contribution is 6.03. The number of rotatable bonds is 10. The van der Waals surface area contributed by atoms with Gasteiger partial charge in [-0.25, -0.2) is 9.97 Å². The van der Waals surface area contributed by atoms with Gasteiger partial charge in [-0.15, -0.1) is 0 Å². The molecule has 14 heteroatoms. The van der Waals surface area contributed by atoms with E-state index in [1.807, 2.05) is 37.5 Å². The second kappa shape index (κ2) is 11.4. The lowest BCUT2D eigenvalue weighted by molar-refractivity contribution is 0.0974. The molecular weight excluding hydrogens is 578 g/mol. The Hall–Kier alpha value is -5.66. The lowest BCUT2D eigenvalue weighted by atomic mass is 10.1. The van der Waals surface area contributed by atoms with Crippen molar-refractivity contribution in [3.63, 3.8) is 0 Å². The Labute approximate surface area is 257 Å². The van der Waals surface area contributed by atoms with Crippen molar-refractivity contribution < 1.29 is 23.9 Å². The van der Waals surface area contributed by atoms with Crippen molar-refractivity contribution in [3.8, 4) is 11.5 Å². The lowest BCUT2D eigenvalue weighted by Gasteiger charge is -2.21. The first-order valence-electron chi connectivity index (χ1n) is 14.5. The van der Waals surface area contributed by atoms with Crippen LogP contribution in [0.15, 0.2) is 36.4 Å². The standard InChI is InChI=1S/C31H33N9O5/c1-4-40-22(12-17(3)37-40)23(41)15-24-35-20-13-18(29(32)42)11-16(2)25(20)38(24)7-5-6-8-39-26-21(36-31(39)34)14-19(30(33)43)27-28(26)45-10-9-44-27/h5-6,11-14H,4,7-10,15H2,1-3H3,(H2,32,42)(H2,33,43)(H2,34,36)/b6-5+. The average molecular weight is 612 g/mol. The van der Waals surface area contributed by atoms with Crippen LogP contribution in [0, 0.1) is 13.8 Å². The number of benzene rings is 2. The summed E-state index contributed by atoms with van der Waals surface area (Å²) in [5.74, 6) is 0.0811. The molecule has 3 aromatic heterocycles. The molecule has 0 fully saturated rings. The number of hydrogen-bond acceptors (Lipinski definition) is 9. The predicted octanol–water partition coefficient (Wildman–Crippen LogP) is 2.45. The number of fused-ring (bicyclic) bond motifs is 4. The molecule has 45 heavy (non-hydrogen) atoms. The Morgan fingerprint density at radius 2 is 1.58 bits per heavy atom. The summed E-state index contributed by atoms with van der Waals surface area (Å²) in [6.45, 7) is 7.50. The van der Waals surface area contributed by atoms with Crippen LogP contribution in [0.1, 0.15) is 55.2 Å². The topological polar surface area (TPSA) is 201 Å². The molecule has 6 N–H and O–H groups in total. The van der Waals surface area contributed by atoms with E-state index in [1.54, 1.807) is 33.5 Å². The van der Waals surface area contributed by atoms with E-state index < -0.39 is 11.8 Å². The fourth-order valence-electron chi connectivity index (χ4n) is 5.80. The Morgan fingerprint density at radius 1 is 0.889 bits per heavy atom. The molecule has 1 aliphatic heterocycles. The molecule has 4 heterocycles. The summed E-state index contributed by atoms with van der Waals surface area (Å²) < 4.78 is 17.0. The molecule has 1 aliphatic rings. The van der Waals surface area contributed by atoms with E-state index in [4.69, 9.17) is 31.7 Å². The van der Waals surface area contributed by atoms with E-state index in [0.29, 0.717) is 65.6 Å². The number of nitrogens with zero attached hydrogens (tertiary/aromatic N) is 6. The number of ketones is 1. The van der Waals surface area contributed by atoms with Crippen LogP contribution in [0.5, 0.6) is 11.5 Å². The highest BCUT2D eigenvalue weighted by atomic mass is 16.6. The number of hydrogen-bond donors (Lipinski definition) is 3. The number of anilines is 1. The van der Waals surface area contributed by atoms with E-state index in [1.165, 1.54) is 0 Å². The Balaban J connectivity index is 1.35. The monoisotopic (exact) mass is 611 g/mol. The van der Waals surface area contributed by atoms with E-state index in [0.717, 1.165) is 16.8 Å². The number of aromatic nitrogens is 6. The van der Waals surface area contributed by atoms with E-state index in [-0.39, 0.29) is 36.1 Å². The van der Waals surface area contributed by atoms with Crippen LogP contribution in [-0.4, -0.2) is 59.7 Å². The van der Waals surface area contributed by atoms with Gasteiger partial charge in [-0.05, 0) is 50.6 Å². The maximum absolute atomic E-state index is 13.4. The molecule has 0 spiro atoms. The summed E-state index contributed by atoms with van der Waals surface area (Å²) in [5.41, 5.74) is 22.4. The molecular formula is C31H33N9O5. The Kier molecular flexibility index (Phi) is 7.48. The summed E-state index contributed by atoms with van der Waals surface area (Å²) >= 11 is 0. The predicted molar refractivity (Wildman–Crippen MR) is 166 cm³/mol. The van der Waals surface area contributed by atoms with Crippen molar-refractivity contribution in [2.24, 2.45) is 11.5 Å². The molecule has 0 aliphatic carbocycles. The third-order valence-electron chi connectivity index (χ3n) is 7.76. The van der Waals surface area contributed by atoms with Crippen molar-refractivity contribution in [2.75, 3.05) is 18.9 Å². The number of imidazole rings is 2. The first-order chi connectivity index (χ1) is 21.6. The Bertz CT molecular complexity index is 2050. The van der Waals surface area contributed by atoms with Gasteiger partial charge in [0.1, 0.15) is 30.2 Å². The van der Waals surface area contributed by atoms with Gasteiger partial charge < -0.3 is 35.8 Å². The number of nitrogens with two attached hydrogens (primary N) is 3. The molecule has 6 rings (SSSR count). The van der Waals surface area contributed by atoms with Crippen LogP contribution in [0.3, 0.4) is 0 Å². The van der Waals surface area contributed by atoms with Gasteiger partial charge in [-0.3, -0.25) is 19.1 Å². The van der Waals surface area contributed by atoms with Gasteiger partial charge >= 0.3 is 0 Å². The maximum atomic E-state index is 13.4. The second-order valence-corrected chi connectivity index (χ2v) is 10.8. The minimum Gasteiger partial charge on any atom is -0.485 e. The molecule has 2 aromatic carbocycles. The molecule has 0 saturated carbocycles. The second-order valence-electron chi connectivity index (χ2n) is 10.8. The number of amides is 2. The van der Waals surface area contributed by atoms with Crippen molar-refractivity contribution in [1.82, 2.24) is 28.9 Å². The van der Waals surface area contributed by atoms with E-state index in [2.05, 4.69) is 10.1 Å². The quantitative estimate of drug-likeness (QED) is 0.157. The molecule has 0 unspecified atom stereocenters. The van der Waals surface area contributed by atoms with Crippen molar-refractivity contribution in [2.45, 2.75) is 46.8 Å². The van der Waals surface area contributed by atoms with Crippen LogP contribution < -0.4 is 26.7 Å². The highest BCUT2D eigenvalue weighted by Crippen LogP contribution is 2.41. The normalized spacial score (nSPS) is 12.9. The highest BCUT2D eigenvalue weighted by Gasteiger charge is 2.27. The van der Waals surface area contributed by atoms with Gasteiger partial charge in [-0.1, -0.05) is 12.2 Å². The van der Waals surface area contributed by atoms with Gasteiger partial charge in [0.15, 0.2) is 17.3 Å². The Morgan fingerprint density at radius 3 is 2.27 bits per heavy atom. The molecule has 2 amide bonds. The molecule has 5 aromatic rings. The largest absolute Gasteiger partial charge is 0.485 e. The summed E-state index contributed by atoms with van der Waals surface area (Å²) in [5, 5.41) is 4.40. The smallest absolute Gasteiger partial charge is 0.252 e. The van der Waals surface area contributed by atoms with Gasteiger partial charge in [0.25, 0.3) is 5.91 Å². The number of primary amides is 2. The zero-order valence-corrected chi connectivity index (χ0v) is 25.2. The van der Waals surface area contributed by atoms with Gasteiger partial charge in [0.2, 0.25) is 11.9 Å². The van der Waals surface area contributed by atoms with Crippen LogP contribution in [0.25, 0.3) is 22.1 Å². The van der Waals surface area contributed by atoms with Gasteiger partial charge in [0, 0.05) is 25.2 Å². The SMILES string of the molecule is CCn1nc(C)cc1C(=O)Cc1nc2cc(C(N)=O)cc(C)c2n1C/C=C/Cn1c(N)nc2cc(C(N)=O)c3c(c21)OCCO3. The third kappa shape index (κ3) is 5.24. The minimum atomic E-state index is -0.652. The maximum Gasteiger partial charge on any atom is 0.252 e. The van der Waals surface area contributed by atoms with Gasteiger partial charge in [0.05, 0.1) is 34.2 Å². The molecule has 0 saturated heterocycles. The number of carbonyl (C=O) groups is 3. The summed E-state index contributed by atoms with van der Waals surface area (Å²) in [7, 11) is 0. The number of carbonyl (C=O) groups excluding carboxylic acids is 3. The number of Topliss-reactive ketones (excluding diaryl/α,β-unsaturated/α-hetero) is 1. The van der Waals surface area contributed by atoms with Crippen LogP contribution in [0.2, 0.25) is 0 Å². The van der Waals surface area contributed by atoms with Crippen molar-refractivity contribution in [3.05, 3.63) is 70.3 Å². The summed E-state index contributed by atoms with van der Waals surface area (Å²) in [6.07, 6.45) is 3.88. The van der Waals surface area contributed by atoms with E-state index >= 15 is 0 Å². The fraction of sp³-hybridized carbons (Fsp3) is 0.290. The zero-order chi connectivity index (χ0) is 32.0. The van der Waals surface area contributed by atoms with Crippen LogP contribution >= 0.6 is 0 Å². The number of allylic oxidation sites excluding steroid dienone is 2. The third-order valence-corrected chi connectivity index (χ3v) is 7.76. The number of aryl methyl sites for hydroxylation is 3. The molecule has 14 nitrogen and oxygen atoms in total.